The molecule has 0 radical (unpaired) electrons. The molecule has 114 valence electrons. The number of piperidine rings is 1. The van der Waals surface area contributed by atoms with Crippen molar-refractivity contribution < 1.29 is 13.9 Å². The lowest BCUT2D eigenvalue weighted by atomic mass is 10.0. The van der Waals surface area contributed by atoms with Crippen molar-refractivity contribution in [1.82, 2.24) is 10.2 Å². The van der Waals surface area contributed by atoms with E-state index in [1.165, 1.54) is 4.90 Å². The number of ether oxygens (including phenoxy) is 1. The Morgan fingerprint density at radius 1 is 1.29 bits per heavy atom. The summed E-state index contributed by atoms with van der Waals surface area (Å²) in [6.45, 7) is 0.910. The van der Waals surface area contributed by atoms with Gasteiger partial charge in [0.1, 0.15) is 12.8 Å². The number of carbonyl (C=O) groups excluding carboxylic acids is 1. The Labute approximate surface area is 124 Å². The van der Waals surface area contributed by atoms with Crippen LogP contribution in [0.25, 0.3) is 0 Å². The van der Waals surface area contributed by atoms with Crippen molar-refractivity contribution in [2.24, 2.45) is 0 Å². The summed E-state index contributed by atoms with van der Waals surface area (Å²) >= 11 is 0. The maximum Gasteiger partial charge on any atom is 0.410 e. The number of amides is 1. The highest BCUT2D eigenvalue weighted by Crippen LogP contribution is 2.23. The number of benzene rings is 1. The summed E-state index contributed by atoms with van der Waals surface area (Å²) in [7, 11) is 0. The van der Waals surface area contributed by atoms with Crippen molar-refractivity contribution >= 4 is 6.09 Å². The predicted molar refractivity (Wildman–Crippen MR) is 77.7 cm³/mol. The number of rotatable bonds is 4. The molecule has 0 spiro atoms. The normalized spacial score (nSPS) is 25.7. The van der Waals surface area contributed by atoms with E-state index in [1.807, 2.05) is 30.3 Å². The lowest BCUT2D eigenvalue weighted by molar-refractivity contribution is 0.0602. The average molecular weight is 292 g/mol. The smallest absolute Gasteiger partial charge is 0.410 e. The third-order valence-corrected chi connectivity index (χ3v) is 4.03. The first-order valence-electron chi connectivity index (χ1n) is 7.58. The summed E-state index contributed by atoms with van der Waals surface area (Å²) in [5, 5.41) is 3.31. The van der Waals surface area contributed by atoms with E-state index in [1.54, 1.807) is 0 Å². The SMILES string of the molecule is O=C(OCc1ccccc1)N1CCC(NC2CC2)C(F)C1. The third-order valence-electron chi connectivity index (χ3n) is 4.03. The molecule has 1 aliphatic carbocycles. The number of hydrogen-bond donors (Lipinski definition) is 1. The molecule has 1 aliphatic heterocycles. The molecule has 2 aliphatic rings. The highest BCUT2D eigenvalue weighted by molar-refractivity contribution is 5.67. The molecule has 4 nitrogen and oxygen atoms in total. The van der Waals surface area contributed by atoms with Crippen molar-refractivity contribution in [2.45, 2.75) is 44.1 Å². The number of hydrogen-bond acceptors (Lipinski definition) is 3. The highest BCUT2D eigenvalue weighted by Gasteiger charge is 2.35. The van der Waals surface area contributed by atoms with Gasteiger partial charge in [0, 0.05) is 18.6 Å². The molecule has 1 N–H and O–H groups in total. The highest BCUT2D eigenvalue weighted by atomic mass is 19.1. The van der Waals surface area contributed by atoms with Crippen LogP contribution in [-0.2, 0) is 11.3 Å². The maximum absolute atomic E-state index is 14.1. The standard InChI is InChI=1S/C16H21FN2O2/c17-14-10-19(9-8-15(14)18-13-6-7-13)16(20)21-11-12-4-2-1-3-5-12/h1-5,13-15,18H,6-11H2. The summed E-state index contributed by atoms with van der Waals surface area (Å²) in [4.78, 5) is 13.4. The Bertz CT molecular complexity index is 478. The molecule has 3 rings (SSSR count). The summed E-state index contributed by atoms with van der Waals surface area (Å²) in [5.41, 5.74) is 0.938. The molecule has 5 heteroatoms. The molecule has 0 bridgehead atoms. The number of nitrogens with one attached hydrogen (secondary N) is 1. The Hall–Kier alpha value is -1.62. The zero-order valence-electron chi connectivity index (χ0n) is 12.0. The average Bonchev–Trinajstić information content (AvgIpc) is 3.32. The van der Waals surface area contributed by atoms with Gasteiger partial charge in [-0.1, -0.05) is 30.3 Å². The molecule has 1 amide bonds. The first kappa shape index (κ1) is 14.3. The van der Waals surface area contributed by atoms with Gasteiger partial charge in [0.2, 0.25) is 0 Å². The number of halogens is 1. The molecular weight excluding hydrogens is 271 g/mol. The minimum absolute atomic E-state index is 0.115. The summed E-state index contributed by atoms with van der Waals surface area (Å²) in [6.07, 6.45) is 1.51. The number of carbonyl (C=O) groups is 1. The van der Waals surface area contributed by atoms with Crippen LogP contribution in [0.15, 0.2) is 30.3 Å². The molecule has 1 saturated carbocycles. The van der Waals surface area contributed by atoms with Crippen LogP contribution >= 0.6 is 0 Å². The fourth-order valence-electron chi connectivity index (χ4n) is 2.62. The fraction of sp³-hybridized carbons (Fsp3) is 0.562. The van der Waals surface area contributed by atoms with Crippen LogP contribution < -0.4 is 5.32 Å². The molecule has 1 saturated heterocycles. The van der Waals surface area contributed by atoms with Crippen LogP contribution in [0.1, 0.15) is 24.8 Å². The molecular formula is C16H21FN2O2. The molecule has 2 unspecified atom stereocenters. The van der Waals surface area contributed by atoms with Crippen molar-refractivity contribution in [3.8, 4) is 0 Å². The topological polar surface area (TPSA) is 41.6 Å². The monoisotopic (exact) mass is 292 g/mol. The van der Waals surface area contributed by atoms with E-state index in [-0.39, 0.29) is 19.2 Å². The lowest BCUT2D eigenvalue weighted by Crippen LogP contribution is -2.53. The number of nitrogens with zero attached hydrogens (tertiary/aromatic N) is 1. The largest absolute Gasteiger partial charge is 0.445 e. The number of likely N-dealkylation sites (tertiary alicyclic amines) is 1. The van der Waals surface area contributed by atoms with Gasteiger partial charge in [-0.25, -0.2) is 9.18 Å². The zero-order chi connectivity index (χ0) is 14.7. The minimum atomic E-state index is -1.01. The van der Waals surface area contributed by atoms with Gasteiger partial charge in [0.15, 0.2) is 0 Å². The van der Waals surface area contributed by atoms with Crippen LogP contribution in [0, 0.1) is 0 Å². The van der Waals surface area contributed by atoms with Gasteiger partial charge >= 0.3 is 6.09 Å². The van der Waals surface area contributed by atoms with Gasteiger partial charge in [-0.15, -0.1) is 0 Å². The van der Waals surface area contributed by atoms with Gasteiger partial charge in [-0.3, -0.25) is 0 Å². The second kappa shape index (κ2) is 6.43. The van der Waals surface area contributed by atoms with E-state index in [4.69, 9.17) is 4.74 Å². The molecule has 21 heavy (non-hydrogen) atoms. The van der Waals surface area contributed by atoms with Gasteiger partial charge in [0.25, 0.3) is 0 Å². The van der Waals surface area contributed by atoms with Crippen LogP contribution in [-0.4, -0.2) is 42.3 Å². The van der Waals surface area contributed by atoms with E-state index in [9.17, 15) is 9.18 Å². The van der Waals surface area contributed by atoms with E-state index in [0.717, 1.165) is 18.4 Å². The van der Waals surface area contributed by atoms with E-state index in [0.29, 0.717) is 19.0 Å². The second-order valence-electron chi connectivity index (χ2n) is 5.84. The van der Waals surface area contributed by atoms with E-state index in [2.05, 4.69) is 5.32 Å². The van der Waals surface area contributed by atoms with Gasteiger partial charge in [0.05, 0.1) is 6.54 Å². The Morgan fingerprint density at radius 2 is 2.05 bits per heavy atom. The Kier molecular flexibility index (Phi) is 4.39. The number of alkyl halides is 1. The second-order valence-corrected chi connectivity index (χ2v) is 5.84. The van der Waals surface area contributed by atoms with Crippen molar-refractivity contribution in [1.29, 1.82) is 0 Å². The molecule has 1 aromatic carbocycles. The Morgan fingerprint density at radius 3 is 2.71 bits per heavy atom. The van der Waals surface area contributed by atoms with Crippen LogP contribution in [0.2, 0.25) is 0 Å². The predicted octanol–water partition coefficient (Wildman–Crippen LogP) is 2.49. The Balaban J connectivity index is 1.45. The van der Waals surface area contributed by atoms with E-state index < -0.39 is 12.3 Å². The van der Waals surface area contributed by atoms with Crippen LogP contribution in [0.3, 0.4) is 0 Å². The molecule has 2 atom stereocenters. The first-order chi connectivity index (χ1) is 10.2. The molecule has 0 aromatic heterocycles. The molecule has 1 aromatic rings. The maximum atomic E-state index is 14.1. The van der Waals surface area contributed by atoms with Gasteiger partial charge in [-0.2, -0.15) is 0 Å². The van der Waals surface area contributed by atoms with Crippen molar-refractivity contribution in [2.75, 3.05) is 13.1 Å². The zero-order valence-corrected chi connectivity index (χ0v) is 12.0. The summed E-state index contributed by atoms with van der Waals surface area (Å²) < 4.78 is 19.3. The fourth-order valence-corrected chi connectivity index (χ4v) is 2.62. The van der Waals surface area contributed by atoms with E-state index >= 15 is 0 Å². The first-order valence-corrected chi connectivity index (χ1v) is 7.58. The third kappa shape index (κ3) is 3.94. The quantitative estimate of drug-likeness (QED) is 0.927. The summed E-state index contributed by atoms with van der Waals surface area (Å²) in [6, 6.07) is 9.89. The summed E-state index contributed by atoms with van der Waals surface area (Å²) in [5.74, 6) is 0. The molecule has 2 fully saturated rings. The van der Waals surface area contributed by atoms with Crippen LogP contribution in [0.4, 0.5) is 9.18 Å². The minimum Gasteiger partial charge on any atom is -0.445 e. The van der Waals surface area contributed by atoms with Crippen molar-refractivity contribution in [3.63, 3.8) is 0 Å². The van der Waals surface area contributed by atoms with Crippen LogP contribution in [0.5, 0.6) is 0 Å². The van der Waals surface area contributed by atoms with Gasteiger partial charge in [-0.05, 0) is 24.8 Å². The van der Waals surface area contributed by atoms with Gasteiger partial charge < -0.3 is 15.0 Å². The van der Waals surface area contributed by atoms with Crippen molar-refractivity contribution in [3.05, 3.63) is 35.9 Å². The lowest BCUT2D eigenvalue weighted by Gasteiger charge is -2.34. The molecule has 1 heterocycles.